The largest absolute Gasteiger partial charge is 0.495 e. The van der Waals surface area contributed by atoms with Crippen molar-refractivity contribution in [2.45, 2.75) is 0 Å². The molecule has 0 saturated heterocycles. The van der Waals surface area contributed by atoms with Crippen LogP contribution in [0.3, 0.4) is 0 Å². The van der Waals surface area contributed by atoms with E-state index in [1.54, 1.807) is 0 Å². The summed E-state index contributed by atoms with van der Waals surface area (Å²) in [4.78, 5) is 21.6. The summed E-state index contributed by atoms with van der Waals surface area (Å²) in [5, 5.41) is 0. The third kappa shape index (κ3) is 7.16. The van der Waals surface area contributed by atoms with Gasteiger partial charge in [-0.25, -0.2) is 8.96 Å². The Morgan fingerprint density at radius 1 is 1.44 bits per heavy atom. The summed E-state index contributed by atoms with van der Waals surface area (Å²) in [7, 11) is -3.14. The second-order valence-corrected chi connectivity index (χ2v) is 3.53. The van der Waals surface area contributed by atoms with Crippen molar-refractivity contribution in [1.29, 1.82) is 0 Å². The van der Waals surface area contributed by atoms with E-state index in [9.17, 15) is 4.39 Å². The van der Waals surface area contributed by atoms with E-state index in [-0.39, 0.29) is 5.82 Å². The average molecular weight is 254 g/mol. The van der Waals surface area contributed by atoms with Gasteiger partial charge in [0.2, 0.25) is 0 Å². The average Bonchev–Trinajstić information content (AvgIpc) is 2.15. The molecule has 0 saturated carbocycles. The first kappa shape index (κ1) is 14.8. The molecule has 1 aromatic rings. The summed E-state index contributed by atoms with van der Waals surface area (Å²) in [5.74, 6) is 5.27. The molecule has 6 N–H and O–H groups in total. The van der Waals surface area contributed by atoms with Crippen LogP contribution in [-0.4, -0.2) is 21.8 Å². The number of anilines is 1. The minimum atomic E-state index is -4.64. The van der Waals surface area contributed by atoms with Gasteiger partial charge in [0.15, 0.2) is 0 Å². The summed E-state index contributed by atoms with van der Waals surface area (Å²) < 4.78 is 26.3. The normalized spacial score (nSPS) is 10.1. The standard InChI is InChI=1S/C7H9FN2O.H3O4P/c1-11-7-3-2-5(8)4-6(7)10-9;1-5(2,3)4/h2-4,10H,9H2,1H3;(H3,1,2,3,4). The number of hydrazine groups is 1. The van der Waals surface area contributed by atoms with Crippen molar-refractivity contribution in [2.75, 3.05) is 12.5 Å². The number of nitrogen functional groups attached to an aromatic ring is 1. The van der Waals surface area contributed by atoms with Gasteiger partial charge in [0.25, 0.3) is 0 Å². The highest BCUT2D eigenvalue weighted by molar-refractivity contribution is 7.45. The SMILES string of the molecule is COc1ccc(F)cc1NN.O=P(O)(O)O. The molecule has 0 aliphatic rings. The molecule has 1 aromatic carbocycles. The first-order valence-corrected chi connectivity index (χ1v) is 5.43. The fraction of sp³-hybridized carbons (Fsp3) is 0.143. The minimum absolute atomic E-state index is 0.348. The zero-order valence-electron chi connectivity index (χ0n) is 8.29. The van der Waals surface area contributed by atoms with Gasteiger partial charge in [-0.2, -0.15) is 0 Å². The summed E-state index contributed by atoms with van der Waals surface area (Å²) in [6.07, 6.45) is 0. The van der Waals surface area contributed by atoms with E-state index in [0.29, 0.717) is 11.4 Å². The van der Waals surface area contributed by atoms with Gasteiger partial charge in [0.1, 0.15) is 11.6 Å². The lowest BCUT2D eigenvalue weighted by atomic mass is 10.3. The van der Waals surface area contributed by atoms with Crippen LogP contribution in [0.5, 0.6) is 5.75 Å². The summed E-state index contributed by atoms with van der Waals surface area (Å²) in [6.45, 7) is 0. The smallest absolute Gasteiger partial charge is 0.466 e. The lowest BCUT2D eigenvalue weighted by molar-refractivity contribution is 0.275. The van der Waals surface area contributed by atoms with Crippen LogP contribution in [0, 0.1) is 5.82 Å². The lowest BCUT2D eigenvalue weighted by Crippen LogP contribution is -2.08. The predicted octanol–water partition coefficient (Wildman–Crippen LogP) is 0.191. The highest BCUT2D eigenvalue weighted by Crippen LogP contribution is 2.25. The van der Waals surface area contributed by atoms with Gasteiger partial charge in [-0.1, -0.05) is 0 Å². The molecule has 0 unspecified atom stereocenters. The van der Waals surface area contributed by atoms with Crippen LogP contribution in [0.2, 0.25) is 0 Å². The fourth-order valence-electron chi connectivity index (χ4n) is 0.793. The van der Waals surface area contributed by atoms with E-state index in [1.807, 2.05) is 0 Å². The van der Waals surface area contributed by atoms with Crippen LogP contribution >= 0.6 is 7.82 Å². The highest BCUT2D eigenvalue weighted by atomic mass is 31.2. The van der Waals surface area contributed by atoms with E-state index >= 15 is 0 Å². The Bertz CT molecular complexity index is 375. The number of halogens is 1. The fourth-order valence-corrected chi connectivity index (χ4v) is 0.793. The number of hydrogen-bond donors (Lipinski definition) is 5. The second-order valence-electron chi connectivity index (χ2n) is 2.50. The molecule has 0 amide bonds. The van der Waals surface area contributed by atoms with Crippen molar-refractivity contribution in [3.63, 3.8) is 0 Å². The summed E-state index contributed by atoms with van der Waals surface area (Å²) in [5.41, 5.74) is 2.76. The number of phosphoric acid groups is 1. The van der Waals surface area contributed by atoms with Gasteiger partial charge < -0.3 is 24.8 Å². The van der Waals surface area contributed by atoms with Gasteiger partial charge >= 0.3 is 7.82 Å². The minimum Gasteiger partial charge on any atom is -0.495 e. The molecular formula is C7H12FN2O5P. The number of nitrogens with two attached hydrogens (primary N) is 1. The van der Waals surface area contributed by atoms with Crippen molar-refractivity contribution in [3.05, 3.63) is 24.0 Å². The molecule has 0 fully saturated rings. The quantitative estimate of drug-likeness (QED) is 0.290. The van der Waals surface area contributed by atoms with Crippen LogP contribution in [-0.2, 0) is 4.57 Å². The monoisotopic (exact) mass is 254 g/mol. The lowest BCUT2D eigenvalue weighted by Gasteiger charge is -2.06. The number of ether oxygens (including phenoxy) is 1. The van der Waals surface area contributed by atoms with Crippen LogP contribution in [0.15, 0.2) is 18.2 Å². The molecular weight excluding hydrogens is 242 g/mol. The zero-order valence-corrected chi connectivity index (χ0v) is 9.19. The molecule has 7 nitrogen and oxygen atoms in total. The van der Waals surface area contributed by atoms with Gasteiger partial charge in [-0.05, 0) is 12.1 Å². The topological polar surface area (TPSA) is 125 Å². The Kier molecular flexibility index (Phi) is 5.94. The number of rotatable bonds is 2. The number of hydrogen-bond acceptors (Lipinski definition) is 4. The second kappa shape index (κ2) is 6.41. The van der Waals surface area contributed by atoms with Gasteiger partial charge in [-0.15, -0.1) is 0 Å². The first-order chi connectivity index (χ1) is 7.27. The van der Waals surface area contributed by atoms with Crippen molar-refractivity contribution in [1.82, 2.24) is 0 Å². The molecule has 0 aliphatic heterocycles. The number of methoxy groups -OCH3 is 1. The van der Waals surface area contributed by atoms with Crippen molar-refractivity contribution < 1.29 is 28.4 Å². The maximum absolute atomic E-state index is 12.5. The van der Waals surface area contributed by atoms with Crippen LogP contribution in [0.4, 0.5) is 10.1 Å². The molecule has 0 aromatic heterocycles. The Morgan fingerprint density at radius 2 is 1.94 bits per heavy atom. The molecule has 9 heteroatoms. The third-order valence-electron chi connectivity index (χ3n) is 1.32. The van der Waals surface area contributed by atoms with Crippen LogP contribution < -0.4 is 16.0 Å². The van der Waals surface area contributed by atoms with E-state index in [1.165, 1.54) is 25.3 Å². The Balaban J connectivity index is 0.000000385. The van der Waals surface area contributed by atoms with E-state index in [4.69, 9.17) is 29.8 Å². The first-order valence-electron chi connectivity index (χ1n) is 3.86. The Hall–Kier alpha value is -1.18. The number of nitrogens with one attached hydrogen (secondary N) is 1. The van der Waals surface area contributed by atoms with Crippen molar-refractivity contribution in [2.24, 2.45) is 5.84 Å². The molecule has 0 atom stereocenters. The Morgan fingerprint density at radius 3 is 2.31 bits per heavy atom. The van der Waals surface area contributed by atoms with Crippen LogP contribution in [0.1, 0.15) is 0 Å². The maximum Gasteiger partial charge on any atom is 0.466 e. The summed E-state index contributed by atoms with van der Waals surface area (Å²) >= 11 is 0. The van der Waals surface area contributed by atoms with Gasteiger partial charge in [0, 0.05) is 6.07 Å². The molecule has 0 radical (unpaired) electrons. The van der Waals surface area contributed by atoms with E-state index < -0.39 is 7.82 Å². The van der Waals surface area contributed by atoms with Gasteiger partial charge in [-0.3, -0.25) is 5.84 Å². The van der Waals surface area contributed by atoms with Gasteiger partial charge in [0.05, 0.1) is 12.8 Å². The number of benzene rings is 1. The molecule has 92 valence electrons. The summed E-state index contributed by atoms with van der Waals surface area (Å²) in [6, 6.07) is 4.07. The molecule has 0 bridgehead atoms. The Labute approximate surface area is 90.9 Å². The van der Waals surface area contributed by atoms with Crippen molar-refractivity contribution >= 4 is 13.5 Å². The predicted molar refractivity (Wildman–Crippen MR) is 55.0 cm³/mol. The zero-order chi connectivity index (χ0) is 12.8. The molecule has 1 rings (SSSR count). The van der Waals surface area contributed by atoms with E-state index in [2.05, 4.69) is 5.43 Å². The molecule has 0 aliphatic carbocycles. The maximum atomic E-state index is 12.5. The molecule has 0 heterocycles. The third-order valence-corrected chi connectivity index (χ3v) is 1.32. The van der Waals surface area contributed by atoms with E-state index in [0.717, 1.165) is 0 Å². The molecule has 16 heavy (non-hydrogen) atoms. The highest BCUT2D eigenvalue weighted by Gasteiger charge is 2.01. The molecule has 0 spiro atoms. The van der Waals surface area contributed by atoms with Crippen LogP contribution in [0.25, 0.3) is 0 Å². The van der Waals surface area contributed by atoms with Crippen molar-refractivity contribution in [3.8, 4) is 5.75 Å².